The van der Waals surface area contributed by atoms with Crippen molar-refractivity contribution in [2.45, 2.75) is 5.92 Å². The average molecular weight is 282 g/mol. The van der Waals surface area contributed by atoms with Crippen molar-refractivity contribution in [1.82, 2.24) is 4.98 Å². The Morgan fingerprint density at radius 2 is 2.00 bits per heavy atom. The number of pyridine rings is 1. The summed E-state index contributed by atoms with van der Waals surface area (Å²) in [4.78, 5) is 16.3. The standard InChI is InChI=1S/C16H14N2O3/c1-20-14-6-5-11(8-15(14)21-2)13(9-17)16(19)12-4-3-7-18-10-12/h3-8,10,13H,1-2H3. The van der Waals surface area contributed by atoms with Crippen molar-refractivity contribution in [2.75, 3.05) is 14.2 Å². The molecular formula is C16H14N2O3. The first-order chi connectivity index (χ1) is 10.2. The molecule has 5 nitrogen and oxygen atoms in total. The van der Waals surface area contributed by atoms with Crippen LogP contribution in [-0.4, -0.2) is 25.0 Å². The number of rotatable bonds is 5. The van der Waals surface area contributed by atoms with Crippen LogP contribution in [-0.2, 0) is 0 Å². The zero-order valence-corrected chi connectivity index (χ0v) is 11.7. The topological polar surface area (TPSA) is 72.2 Å². The Hall–Kier alpha value is -2.87. The molecule has 0 amide bonds. The molecule has 1 heterocycles. The fraction of sp³-hybridized carbons (Fsp3) is 0.188. The van der Waals surface area contributed by atoms with Crippen molar-refractivity contribution in [1.29, 1.82) is 5.26 Å². The highest BCUT2D eigenvalue weighted by Crippen LogP contribution is 2.31. The van der Waals surface area contributed by atoms with Gasteiger partial charge in [-0.25, -0.2) is 0 Å². The van der Waals surface area contributed by atoms with Gasteiger partial charge in [-0.15, -0.1) is 0 Å². The fourth-order valence-electron chi connectivity index (χ4n) is 1.99. The van der Waals surface area contributed by atoms with E-state index in [1.54, 1.807) is 36.5 Å². The molecule has 0 N–H and O–H groups in total. The van der Waals surface area contributed by atoms with Crippen LogP contribution in [0.5, 0.6) is 11.5 Å². The Morgan fingerprint density at radius 1 is 1.24 bits per heavy atom. The minimum Gasteiger partial charge on any atom is -0.493 e. The maximum Gasteiger partial charge on any atom is 0.185 e. The van der Waals surface area contributed by atoms with Crippen LogP contribution in [0.25, 0.3) is 0 Å². The highest BCUT2D eigenvalue weighted by molar-refractivity contribution is 6.02. The largest absolute Gasteiger partial charge is 0.493 e. The summed E-state index contributed by atoms with van der Waals surface area (Å²) < 4.78 is 10.3. The van der Waals surface area contributed by atoms with E-state index in [1.807, 2.05) is 6.07 Å². The Bertz CT molecular complexity index is 678. The summed E-state index contributed by atoms with van der Waals surface area (Å²) in [5.41, 5.74) is 0.961. The van der Waals surface area contributed by atoms with Crippen molar-refractivity contribution in [2.24, 2.45) is 0 Å². The van der Waals surface area contributed by atoms with Crippen molar-refractivity contribution >= 4 is 5.78 Å². The van der Waals surface area contributed by atoms with Gasteiger partial charge in [-0.2, -0.15) is 5.26 Å². The van der Waals surface area contributed by atoms with Gasteiger partial charge < -0.3 is 9.47 Å². The molecule has 0 saturated carbocycles. The molecule has 5 heteroatoms. The van der Waals surface area contributed by atoms with Crippen LogP contribution >= 0.6 is 0 Å². The van der Waals surface area contributed by atoms with Gasteiger partial charge in [-0.05, 0) is 29.8 Å². The molecule has 0 aliphatic carbocycles. The summed E-state index contributed by atoms with van der Waals surface area (Å²) in [5.74, 6) is -0.173. The van der Waals surface area contributed by atoms with Gasteiger partial charge in [0.25, 0.3) is 0 Å². The fourth-order valence-corrected chi connectivity index (χ4v) is 1.99. The second kappa shape index (κ2) is 6.53. The minimum atomic E-state index is -0.908. The van der Waals surface area contributed by atoms with Gasteiger partial charge in [0.15, 0.2) is 17.3 Å². The van der Waals surface area contributed by atoms with Crippen LogP contribution in [0.1, 0.15) is 21.8 Å². The third kappa shape index (κ3) is 3.00. The van der Waals surface area contributed by atoms with Gasteiger partial charge in [-0.3, -0.25) is 9.78 Å². The molecule has 0 saturated heterocycles. The summed E-state index contributed by atoms with van der Waals surface area (Å²) in [6.07, 6.45) is 3.03. The number of ketones is 1. The molecule has 1 aromatic carbocycles. The molecule has 0 bridgehead atoms. The zero-order valence-electron chi connectivity index (χ0n) is 11.7. The van der Waals surface area contributed by atoms with E-state index in [9.17, 15) is 10.1 Å². The third-order valence-corrected chi connectivity index (χ3v) is 3.08. The predicted octanol–water partition coefficient (Wildman–Crippen LogP) is 2.59. The molecule has 21 heavy (non-hydrogen) atoms. The van der Waals surface area contributed by atoms with Crippen LogP contribution in [0.2, 0.25) is 0 Å². The van der Waals surface area contributed by atoms with Crippen molar-refractivity contribution in [3.8, 4) is 17.6 Å². The molecule has 1 aromatic heterocycles. The van der Waals surface area contributed by atoms with Crippen LogP contribution in [0.4, 0.5) is 0 Å². The van der Waals surface area contributed by atoms with Gasteiger partial charge in [0.2, 0.25) is 0 Å². The lowest BCUT2D eigenvalue weighted by molar-refractivity contribution is 0.0978. The first-order valence-electron chi connectivity index (χ1n) is 6.27. The van der Waals surface area contributed by atoms with Gasteiger partial charge >= 0.3 is 0 Å². The number of benzene rings is 1. The van der Waals surface area contributed by atoms with Crippen molar-refractivity contribution < 1.29 is 14.3 Å². The second-order valence-corrected chi connectivity index (χ2v) is 4.28. The first-order valence-corrected chi connectivity index (χ1v) is 6.27. The number of ether oxygens (including phenoxy) is 2. The number of aromatic nitrogens is 1. The second-order valence-electron chi connectivity index (χ2n) is 4.28. The molecule has 0 fully saturated rings. The number of hydrogen-bond donors (Lipinski definition) is 0. The highest BCUT2D eigenvalue weighted by Gasteiger charge is 2.23. The van der Waals surface area contributed by atoms with E-state index in [1.165, 1.54) is 20.4 Å². The lowest BCUT2D eigenvalue weighted by Crippen LogP contribution is -2.11. The Balaban J connectivity index is 2.39. The third-order valence-electron chi connectivity index (χ3n) is 3.08. The Labute approximate surface area is 122 Å². The Morgan fingerprint density at radius 3 is 2.57 bits per heavy atom. The van der Waals surface area contributed by atoms with Crippen LogP contribution in [0, 0.1) is 11.3 Å². The molecule has 0 aliphatic heterocycles. The molecule has 0 spiro atoms. The molecule has 1 atom stereocenters. The smallest absolute Gasteiger partial charge is 0.185 e. The molecule has 2 rings (SSSR count). The van der Waals surface area contributed by atoms with E-state index in [0.717, 1.165) is 0 Å². The summed E-state index contributed by atoms with van der Waals surface area (Å²) >= 11 is 0. The lowest BCUT2D eigenvalue weighted by atomic mass is 9.92. The number of carbonyl (C=O) groups excluding carboxylic acids is 1. The maximum absolute atomic E-state index is 12.4. The quantitative estimate of drug-likeness (QED) is 0.788. The molecule has 2 aromatic rings. The van der Waals surface area contributed by atoms with Crippen molar-refractivity contribution in [3.05, 3.63) is 53.9 Å². The summed E-state index contributed by atoms with van der Waals surface area (Å²) in [5, 5.41) is 9.34. The maximum atomic E-state index is 12.4. The summed E-state index contributed by atoms with van der Waals surface area (Å²) in [6.45, 7) is 0. The predicted molar refractivity (Wildman–Crippen MR) is 76.5 cm³/mol. The molecule has 106 valence electrons. The number of methoxy groups -OCH3 is 2. The van der Waals surface area contributed by atoms with Gasteiger partial charge in [0, 0.05) is 18.0 Å². The molecule has 0 radical (unpaired) electrons. The molecule has 1 unspecified atom stereocenters. The lowest BCUT2D eigenvalue weighted by Gasteiger charge is -2.12. The van der Waals surface area contributed by atoms with Crippen LogP contribution in [0.15, 0.2) is 42.7 Å². The SMILES string of the molecule is COc1ccc(C(C#N)C(=O)c2cccnc2)cc1OC. The number of hydrogen-bond acceptors (Lipinski definition) is 5. The summed E-state index contributed by atoms with van der Waals surface area (Å²) in [6, 6.07) is 10.3. The van der Waals surface area contributed by atoms with E-state index < -0.39 is 5.92 Å². The monoisotopic (exact) mass is 282 g/mol. The van der Waals surface area contributed by atoms with Gasteiger partial charge in [-0.1, -0.05) is 6.07 Å². The van der Waals surface area contributed by atoms with E-state index in [2.05, 4.69) is 4.98 Å². The van der Waals surface area contributed by atoms with E-state index >= 15 is 0 Å². The minimum absolute atomic E-state index is 0.294. The highest BCUT2D eigenvalue weighted by atomic mass is 16.5. The normalized spacial score (nSPS) is 11.3. The van der Waals surface area contributed by atoms with E-state index in [4.69, 9.17) is 9.47 Å². The van der Waals surface area contributed by atoms with Crippen LogP contribution in [0.3, 0.4) is 0 Å². The van der Waals surface area contributed by atoms with E-state index in [0.29, 0.717) is 22.6 Å². The number of nitriles is 1. The molecular weight excluding hydrogens is 268 g/mol. The summed E-state index contributed by atoms with van der Waals surface area (Å²) in [7, 11) is 3.03. The Kier molecular flexibility index (Phi) is 4.52. The molecule has 0 aliphatic rings. The number of carbonyl (C=O) groups is 1. The number of Topliss-reactive ketones (excluding diaryl/α,β-unsaturated/α-hetero) is 1. The zero-order chi connectivity index (χ0) is 15.2. The van der Waals surface area contributed by atoms with Gasteiger partial charge in [0.05, 0.1) is 20.3 Å². The van der Waals surface area contributed by atoms with Gasteiger partial charge in [0.1, 0.15) is 5.92 Å². The van der Waals surface area contributed by atoms with E-state index in [-0.39, 0.29) is 5.78 Å². The van der Waals surface area contributed by atoms with Crippen LogP contribution < -0.4 is 9.47 Å². The first kappa shape index (κ1) is 14.5. The van der Waals surface area contributed by atoms with Crippen molar-refractivity contribution in [3.63, 3.8) is 0 Å². The number of nitrogens with zero attached hydrogens (tertiary/aromatic N) is 2. The average Bonchev–Trinajstić information content (AvgIpc) is 2.56.